The molecule has 0 radical (unpaired) electrons. The first-order chi connectivity index (χ1) is 9.11. The van der Waals surface area contributed by atoms with Crippen LogP contribution >= 0.6 is 0 Å². The van der Waals surface area contributed by atoms with E-state index >= 15 is 0 Å². The third-order valence-electron chi connectivity index (χ3n) is 4.26. The number of fused-ring (bicyclic) bond motifs is 1. The summed E-state index contributed by atoms with van der Waals surface area (Å²) in [5, 5.41) is 7.88. The molecule has 0 unspecified atom stereocenters. The fourth-order valence-electron chi connectivity index (χ4n) is 2.74. The minimum absolute atomic E-state index is 0.262. The van der Waals surface area contributed by atoms with Gasteiger partial charge in [0, 0.05) is 31.0 Å². The summed E-state index contributed by atoms with van der Waals surface area (Å²) in [6.07, 6.45) is 6.02. The average Bonchev–Trinajstić information content (AvgIpc) is 2.80. The summed E-state index contributed by atoms with van der Waals surface area (Å²) in [4.78, 5) is 6.93. The standard InChI is InChI=1S/C14H21N5/c1-11-10-12-13(16-6-9-19(12)17-11)18-7-4-14(2,15-3)5-8-18/h6,9-10,15H,4-5,7-8H2,1-3H3. The molecule has 1 aliphatic rings. The summed E-state index contributed by atoms with van der Waals surface area (Å²) < 4.78 is 1.92. The zero-order chi connectivity index (χ0) is 13.5. The van der Waals surface area contributed by atoms with Crippen LogP contribution in [0.2, 0.25) is 0 Å². The van der Waals surface area contributed by atoms with Crippen molar-refractivity contribution in [3.63, 3.8) is 0 Å². The van der Waals surface area contributed by atoms with E-state index in [1.165, 1.54) is 0 Å². The van der Waals surface area contributed by atoms with E-state index in [0.29, 0.717) is 0 Å². The van der Waals surface area contributed by atoms with E-state index in [-0.39, 0.29) is 5.54 Å². The predicted molar refractivity (Wildman–Crippen MR) is 76.6 cm³/mol. The highest BCUT2D eigenvalue weighted by atomic mass is 15.3. The number of nitrogens with zero attached hydrogens (tertiary/aromatic N) is 4. The SMILES string of the molecule is CNC1(C)CCN(c2nccn3nc(C)cc23)CC1. The van der Waals surface area contributed by atoms with E-state index in [9.17, 15) is 0 Å². The molecule has 0 amide bonds. The molecule has 2 aromatic rings. The quantitative estimate of drug-likeness (QED) is 0.890. The van der Waals surface area contributed by atoms with Crippen LogP contribution in [0, 0.1) is 6.92 Å². The van der Waals surface area contributed by atoms with Crippen molar-refractivity contribution in [3.05, 3.63) is 24.2 Å². The van der Waals surface area contributed by atoms with Crippen molar-refractivity contribution >= 4 is 11.3 Å². The molecule has 0 aliphatic carbocycles. The summed E-state index contributed by atoms with van der Waals surface area (Å²) in [6.45, 7) is 6.38. The first-order valence-corrected chi connectivity index (χ1v) is 6.86. The molecule has 5 nitrogen and oxygen atoms in total. The van der Waals surface area contributed by atoms with Gasteiger partial charge < -0.3 is 10.2 Å². The second-order valence-corrected chi connectivity index (χ2v) is 5.66. The van der Waals surface area contributed by atoms with Crippen LogP contribution in [0.1, 0.15) is 25.5 Å². The number of rotatable bonds is 2. The van der Waals surface area contributed by atoms with E-state index in [2.05, 4.69) is 40.3 Å². The number of hydrogen-bond donors (Lipinski definition) is 1. The van der Waals surface area contributed by atoms with Crippen LogP contribution in [0.25, 0.3) is 5.52 Å². The zero-order valence-electron chi connectivity index (χ0n) is 11.8. The van der Waals surface area contributed by atoms with Crippen molar-refractivity contribution in [2.45, 2.75) is 32.2 Å². The molecule has 1 saturated heterocycles. The van der Waals surface area contributed by atoms with E-state index in [4.69, 9.17) is 0 Å². The highest BCUT2D eigenvalue weighted by molar-refractivity contribution is 5.69. The first-order valence-electron chi connectivity index (χ1n) is 6.86. The lowest BCUT2D eigenvalue weighted by Crippen LogP contribution is -2.50. The second kappa shape index (κ2) is 4.49. The molecular weight excluding hydrogens is 238 g/mol. The molecule has 102 valence electrons. The van der Waals surface area contributed by atoms with Crippen molar-refractivity contribution in [1.29, 1.82) is 0 Å². The van der Waals surface area contributed by atoms with E-state index in [1.54, 1.807) is 0 Å². The summed E-state index contributed by atoms with van der Waals surface area (Å²) in [6, 6.07) is 2.11. The Morgan fingerprint density at radius 2 is 2.05 bits per heavy atom. The normalized spacial score (nSPS) is 19.0. The van der Waals surface area contributed by atoms with Crippen LogP contribution in [0.15, 0.2) is 18.5 Å². The van der Waals surface area contributed by atoms with Crippen molar-refractivity contribution in [1.82, 2.24) is 19.9 Å². The molecule has 5 heteroatoms. The van der Waals surface area contributed by atoms with Crippen LogP contribution in [-0.4, -0.2) is 40.3 Å². The Kier molecular flexibility index (Phi) is 2.93. The smallest absolute Gasteiger partial charge is 0.154 e. The Morgan fingerprint density at radius 3 is 2.74 bits per heavy atom. The van der Waals surface area contributed by atoms with Gasteiger partial charge in [0.1, 0.15) is 5.52 Å². The van der Waals surface area contributed by atoms with Crippen LogP contribution in [0.5, 0.6) is 0 Å². The van der Waals surface area contributed by atoms with Crippen molar-refractivity contribution in [3.8, 4) is 0 Å². The van der Waals surface area contributed by atoms with Gasteiger partial charge in [-0.2, -0.15) is 5.10 Å². The number of nitrogens with one attached hydrogen (secondary N) is 1. The molecule has 1 fully saturated rings. The predicted octanol–water partition coefficient (Wildman–Crippen LogP) is 1.62. The Balaban J connectivity index is 1.89. The third-order valence-corrected chi connectivity index (χ3v) is 4.26. The Hall–Kier alpha value is -1.62. The van der Waals surface area contributed by atoms with Gasteiger partial charge >= 0.3 is 0 Å². The maximum atomic E-state index is 4.56. The monoisotopic (exact) mass is 259 g/mol. The highest BCUT2D eigenvalue weighted by Crippen LogP contribution is 2.27. The number of anilines is 1. The van der Waals surface area contributed by atoms with Crippen molar-refractivity contribution in [2.24, 2.45) is 0 Å². The van der Waals surface area contributed by atoms with Gasteiger partial charge in [0.25, 0.3) is 0 Å². The molecule has 0 aromatic carbocycles. The van der Waals surface area contributed by atoms with Gasteiger partial charge in [0.2, 0.25) is 0 Å². The Morgan fingerprint density at radius 1 is 1.32 bits per heavy atom. The third kappa shape index (κ3) is 2.18. The molecule has 0 saturated carbocycles. The van der Waals surface area contributed by atoms with Crippen molar-refractivity contribution in [2.75, 3.05) is 25.0 Å². The van der Waals surface area contributed by atoms with Gasteiger partial charge in [0.05, 0.1) is 5.69 Å². The highest BCUT2D eigenvalue weighted by Gasteiger charge is 2.29. The minimum atomic E-state index is 0.262. The lowest BCUT2D eigenvalue weighted by Gasteiger charge is -2.39. The summed E-state index contributed by atoms with van der Waals surface area (Å²) >= 11 is 0. The largest absolute Gasteiger partial charge is 0.355 e. The number of hydrogen-bond acceptors (Lipinski definition) is 4. The van der Waals surface area contributed by atoms with Gasteiger partial charge in [-0.1, -0.05) is 0 Å². The number of aryl methyl sites for hydroxylation is 1. The second-order valence-electron chi connectivity index (χ2n) is 5.66. The summed E-state index contributed by atoms with van der Waals surface area (Å²) in [5.74, 6) is 1.06. The first kappa shape index (κ1) is 12.4. The van der Waals surface area contributed by atoms with Gasteiger partial charge in [-0.25, -0.2) is 9.50 Å². The Labute approximate surface area is 113 Å². The van der Waals surface area contributed by atoms with Gasteiger partial charge in [-0.3, -0.25) is 0 Å². The lowest BCUT2D eigenvalue weighted by molar-refractivity contribution is 0.304. The maximum Gasteiger partial charge on any atom is 0.154 e. The van der Waals surface area contributed by atoms with Crippen LogP contribution in [0.3, 0.4) is 0 Å². The van der Waals surface area contributed by atoms with E-state index in [0.717, 1.165) is 43.0 Å². The fraction of sp³-hybridized carbons (Fsp3) is 0.571. The molecule has 19 heavy (non-hydrogen) atoms. The molecule has 3 heterocycles. The molecule has 3 rings (SSSR count). The molecule has 0 atom stereocenters. The van der Waals surface area contributed by atoms with E-state index < -0.39 is 0 Å². The van der Waals surface area contributed by atoms with Gasteiger partial charge in [0.15, 0.2) is 5.82 Å². The maximum absolute atomic E-state index is 4.56. The zero-order valence-corrected chi connectivity index (χ0v) is 11.8. The molecular formula is C14H21N5. The van der Waals surface area contributed by atoms with Gasteiger partial charge in [-0.05, 0) is 39.8 Å². The summed E-state index contributed by atoms with van der Waals surface area (Å²) in [5.41, 5.74) is 2.40. The molecule has 0 bridgehead atoms. The molecule has 1 N–H and O–H groups in total. The molecule has 0 spiro atoms. The number of aromatic nitrogens is 3. The molecule has 2 aromatic heterocycles. The fourth-order valence-corrected chi connectivity index (χ4v) is 2.74. The van der Waals surface area contributed by atoms with Crippen LogP contribution in [0.4, 0.5) is 5.82 Å². The molecule has 1 aliphatic heterocycles. The lowest BCUT2D eigenvalue weighted by atomic mass is 9.90. The average molecular weight is 259 g/mol. The van der Waals surface area contributed by atoms with E-state index in [1.807, 2.05) is 23.8 Å². The Bertz CT molecular complexity index is 581. The van der Waals surface area contributed by atoms with Crippen LogP contribution < -0.4 is 10.2 Å². The number of piperidine rings is 1. The van der Waals surface area contributed by atoms with Gasteiger partial charge in [-0.15, -0.1) is 0 Å². The minimum Gasteiger partial charge on any atom is -0.355 e. The topological polar surface area (TPSA) is 45.5 Å². The van der Waals surface area contributed by atoms with Crippen LogP contribution in [-0.2, 0) is 0 Å². The van der Waals surface area contributed by atoms with Crippen molar-refractivity contribution < 1.29 is 0 Å². The summed E-state index contributed by atoms with van der Waals surface area (Å²) in [7, 11) is 2.05.